The number of allylic oxidation sites excluding steroid dienone is 4. The molecule has 0 bridgehead atoms. The third-order valence-corrected chi connectivity index (χ3v) is 3.99. The molecule has 0 aromatic carbocycles. The lowest BCUT2D eigenvalue weighted by Gasteiger charge is -2.36. The van der Waals surface area contributed by atoms with E-state index in [1.165, 1.54) is 0 Å². The van der Waals surface area contributed by atoms with E-state index in [9.17, 15) is 9.59 Å². The third-order valence-electron chi connectivity index (χ3n) is 3.99. The first-order valence-electron chi connectivity index (χ1n) is 5.96. The zero-order chi connectivity index (χ0) is 12.8. The number of cyclic esters (lactones) is 2. The van der Waals surface area contributed by atoms with E-state index in [1.54, 1.807) is 0 Å². The van der Waals surface area contributed by atoms with Crippen LogP contribution < -0.4 is 0 Å². The lowest BCUT2D eigenvalue weighted by atomic mass is 9.63. The van der Waals surface area contributed by atoms with Gasteiger partial charge in [0.1, 0.15) is 0 Å². The predicted octanol–water partition coefficient (Wildman–Crippen LogP) is 2.48. The molecule has 3 heteroatoms. The van der Waals surface area contributed by atoms with Crippen LogP contribution in [0.5, 0.6) is 0 Å². The Morgan fingerprint density at radius 1 is 1.35 bits per heavy atom. The van der Waals surface area contributed by atoms with E-state index >= 15 is 0 Å². The molecule has 92 valence electrons. The van der Waals surface area contributed by atoms with Crippen molar-refractivity contribution in [1.82, 2.24) is 0 Å². The van der Waals surface area contributed by atoms with Gasteiger partial charge >= 0.3 is 11.9 Å². The Labute approximate surface area is 102 Å². The maximum atomic E-state index is 11.8. The van der Waals surface area contributed by atoms with E-state index in [0.717, 1.165) is 5.57 Å². The fraction of sp³-hybridized carbons (Fsp3) is 0.571. The number of rotatable bonds is 1. The average Bonchev–Trinajstić information content (AvgIpc) is 2.55. The van der Waals surface area contributed by atoms with Crippen LogP contribution in [0.4, 0.5) is 0 Å². The Morgan fingerprint density at radius 2 is 2.00 bits per heavy atom. The second-order valence-corrected chi connectivity index (χ2v) is 5.48. The van der Waals surface area contributed by atoms with Crippen LogP contribution in [-0.2, 0) is 14.3 Å². The summed E-state index contributed by atoms with van der Waals surface area (Å²) in [5, 5.41) is 0. The van der Waals surface area contributed by atoms with Gasteiger partial charge in [-0.2, -0.15) is 0 Å². The van der Waals surface area contributed by atoms with Gasteiger partial charge in [0, 0.05) is 5.92 Å². The van der Waals surface area contributed by atoms with Crippen LogP contribution in [0.1, 0.15) is 27.7 Å². The second-order valence-electron chi connectivity index (χ2n) is 5.48. The number of fused-ring (bicyclic) bond motifs is 1. The molecule has 3 nitrogen and oxygen atoms in total. The molecule has 0 saturated carbocycles. The van der Waals surface area contributed by atoms with Crippen molar-refractivity contribution in [2.75, 3.05) is 0 Å². The van der Waals surface area contributed by atoms with Gasteiger partial charge in [0.15, 0.2) is 0 Å². The molecule has 0 N–H and O–H groups in total. The highest BCUT2D eigenvalue weighted by atomic mass is 16.6. The molecular formula is C14H18O3. The van der Waals surface area contributed by atoms with Crippen molar-refractivity contribution in [3.05, 3.63) is 23.8 Å². The molecule has 2 rings (SSSR count). The Bertz CT molecular complexity index is 429. The maximum Gasteiger partial charge on any atom is 0.318 e. The molecule has 3 atom stereocenters. The number of hydrogen-bond donors (Lipinski definition) is 0. The summed E-state index contributed by atoms with van der Waals surface area (Å²) < 4.78 is 4.82. The van der Waals surface area contributed by atoms with E-state index in [2.05, 4.69) is 0 Å². The zero-order valence-corrected chi connectivity index (χ0v) is 10.7. The molecule has 0 spiro atoms. The Balaban J connectivity index is 2.48. The number of esters is 2. The predicted molar refractivity (Wildman–Crippen MR) is 63.9 cm³/mol. The molecule has 1 heterocycles. The molecule has 0 amide bonds. The van der Waals surface area contributed by atoms with Crippen molar-refractivity contribution >= 4 is 11.9 Å². The Hall–Kier alpha value is -1.38. The van der Waals surface area contributed by atoms with Crippen LogP contribution in [0.3, 0.4) is 0 Å². The minimum Gasteiger partial charge on any atom is -0.393 e. The minimum atomic E-state index is -0.372. The summed E-state index contributed by atoms with van der Waals surface area (Å²) in [6.45, 7) is 7.88. The standard InChI is InChI=1S/C14H18O3/c1-5-8(2)9-6-7-14(3,4)11-10(9)12(15)17-13(11)16/h5-7,9-11H,1-4H3/b8-5+. The zero-order valence-electron chi connectivity index (χ0n) is 10.7. The summed E-state index contributed by atoms with van der Waals surface area (Å²) in [7, 11) is 0. The molecule has 1 saturated heterocycles. The van der Waals surface area contributed by atoms with Gasteiger partial charge < -0.3 is 4.74 Å². The monoisotopic (exact) mass is 234 g/mol. The highest BCUT2D eigenvalue weighted by Crippen LogP contribution is 2.48. The lowest BCUT2D eigenvalue weighted by Crippen LogP contribution is -2.39. The smallest absolute Gasteiger partial charge is 0.318 e. The van der Waals surface area contributed by atoms with Crippen molar-refractivity contribution in [2.45, 2.75) is 27.7 Å². The molecule has 0 aromatic heterocycles. The number of carbonyl (C=O) groups is 2. The van der Waals surface area contributed by atoms with Crippen molar-refractivity contribution < 1.29 is 14.3 Å². The van der Waals surface area contributed by atoms with Crippen LogP contribution in [-0.4, -0.2) is 11.9 Å². The van der Waals surface area contributed by atoms with Gasteiger partial charge in [-0.1, -0.05) is 37.6 Å². The quantitative estimate of drug-likeness (QED) is 0.397. The summed E-state index contributed by atoms with van der Waals surface area (Å²) in [5.74, 6) is -1.44. The van der Waals surface area contributed by atoms with Crippen molar-refractivity contribution in [3.8, 4) is 0 Å². The minimum absolute atomic E-state index is 0.00280. The Kier molecular flexibility index (Phi) is 2.72. The first-order chi connectivity index (χ1) is 7.88. The second kappa shape index (κ2) is 3.83. The highest BCUT2D eigenvalue weighted by Gasteiger charge is 2.55. The largest absolute Gasteiger partial charge is 0.393 e. The number of ether oxygens (including phenoxy) is 1. The third kappa shape index (κ3) is 1.74. The first kappa shape index (κ1) is 12.1. The fourth-order valence-electron chi connectivity index (χ4n) is 2.84. The summed E-state index contributed by atoms with van der Waals surface area (Å²) in [6.07, 6.45) is 6.06. The summed E-state index contributed by atoms with van der Waals surface area (Å²) in [6, 6.07) is 0. The fourth-order valence-corrected chi connectivity index (χ4v) is 2.84. The molecule has 1 aliphatic heterocycles. The molecule has 0 radical (unpaired) electrons. The van der Waals surface area contributed by atoms with Gasteiger partial charge in [0.2, 0.25) is 0 Å². The van der Waals surface area contributed by atoms with Gasteiger partial charge in [-0.25, -0.2) is 0 Å². The average molecular weight is 234 g/mol. The normalized spacial score (nSPS) is 35.8. The van der Waals surface area contributed by atoms with Gasteiger partial charge in [-0.05, 0) is 19.3 Å². The van der Waals surface area contributed by atoms with E-state index in [1.807, 2.05) is 45.9 Å². The Morgan fingerprint density at radius 3 is 2.59 bits per heavy atom. The SMILES string of the molecule is C/C=C(\C)C1C=CC(C)(C)C2C(=O)OC(=O)C12. The van der Waals surface area contributed by atoms with E-state index in [4.69, 9.17) is 4.74 Å². The molecule has 17 heavy (non-hydrogen) atoms. The first-order valence-corrected chi connectivity index (χ1v) is 5.96. The highest BCUT2D eigenvalue weighted by molar-refractivity contribution is 5.98. The molecular weight excluding hydrogens is 216 g/mol. The summed E-state index contributed by atoms with van der Waals surface area (Å²) >= 11 is 0. The van der Waals surface area contributed by atoms with Crippen molar-refractivity contribution in [2.24, 2.45) is 23.2 Å². The lowest BCUT2D eigenvalue weighted by molar-refractivity contribution is -0.154. The van der Waals surface area contributed by atoms with Crippen LogP contribution in [0.15, 0.2) is 23.8 Å². The van der Waals surface area contributed by atoms with Gasteiger partial charge in [0.05, 0.1) is 11.8 Å². The summed E-state index contributed by atoms with van der Waals surface area (Å²) in [4.78, 5) is 23.6. The molecule has 1 fully saturated rings. The number of carbonyl (C=O) groups excluding carboxylic acids is 2. The van der Waals surface area contributed by atoms with Gasteiger partial charge in [-0.15, -0.1) is 0 Å². The molecule has 0 aromatic rings. The molecule has 1 aliphatic carbocycles. The molecule has 3 unspecified atom stereocenters. The van der Waals surface area contributed by atoms with E-state index in [0.29, 0.717) is 0 Å². The van der Waals surface area contributed by atoms with Crippen LogP contribution in [0.25, 0.3) is 0 Å². The van der Waals surface area contributed by atoms with Gasteiger partial charge in [0.25, 0.3) is 0 Å². The van der Waals surface area contributed by atoms with E-state index in [-0.39, 0.29) is 35.1 Å². The number of hydrogen-bond acceptors (Lipinski definition) is 3. The van der Waals surface area contributed by atoms with Crippen LogP contribution in [0, 0.1) is 23.2 Å². The van der Waals surface area contributed by atoms with Crippen molar-refractivity contribution in [1.29, 1.82) is 0 Å². The molecule has 2 aliphatic rings. The van der Waals surface area contributed by atoms with Gasteiger partial charge in [-0.3, -0.25) is 9.59 Å². The topological polar surface area (TPSA) is 43.4 Å². The van der Waals surface area contributed by atoms with Crippen LogP contribution in [0.2, 0.25) is 0 Å². The van der Waals surface area contributed by atoms with Crippen molar-refractivity contribution in [3.63, 3.8) is 0 Å². The van der Waals surface area contributed by atoms with E-state index < -0.39 is 0 Å². The van der Waals surface area contributed by atoms with Crippen LogP contribution >= 0.6 is 0 Å². The summed E-state index contributed by atoms with van der Waals surface area (Å²) in [5.41, 5.74) is 0.803. The maximum absolute atomic E-state index is 11.8.